The lowest BCUT2D eigenvalue weighted by atomic mass is 10.2. The molecule has 132 valence electrons. The van der Waals surface area contributed by atoms with E-state index >= 15 is 0 Å². The summed E-state index contributed by atoms with van der Waals surface area (Å²) >= 11 is 0. The van der Waals surface area contributed by atoms with Crippen LogP contribution < -0.4 is 14.8 Å². The summed E-state index contributed by atoms with van der Waals surface area (Å²) in [6.45, 7) is 3.82. The Morgan fingerprint density at radius 3 is 2.64 bits per heavy atom. The number of hydrogen-bond acceptors (Lipinski definition) is 6. The molecule has 1 N–H and O–H groups in total. The van der Waals surface area contributed by atoms with E-state index in [0.29, 0.717) is 23.1 Å². The zero-order chi connectivity index (χ0) is 17.6. The van der Waals surface area contributed by atoms with Crippen LogP contribution in [0.15, 0.2) is 30.7 Å². The van der Waals surface area contributed by atoms with Gasteiger partial charge in [0.05, 0.1) is 17.9 Å². The first-order valence-electron chi connectivity index (χ1n) is 8.53. The quantitative estimate of drug-likeness (QED) is 0.867. The Labute approximate surface area is 146 Å². The van der Waals surface area contributed by atoms with Crippen molar-refractivity contribution in [1.29, 1.82) is 0 Å². The number of rotatable bonds is 6. The number of hydrogen-bond donors (Lipinski definition) is 1. The summed E-state index contributed by atoms with van der Waals surface area (Å²) in [7, 11) is 0. The Morgan fingerprint density at radius 2 is 1.96 bits per heavy atom. The van der Waals surface area contributed by atoms with Gasteiger partial charge in [-0.3, -0.25) is 9.78 Å². The Morgan fingerprint density at radius 1 is 1.20 bits per heavy atom. The third-order valence-corrected chi connectivity index (χ3v) is 3.79. The minimum atomic E-state index is -0.312. The van der Waals surface area contributed by atoms with Crippen molar-refractivity contribution >= 4 is 11.7 Å². The van der Waals surface area contributed by atoms with Crippen LogP contribution in [-0.2, 0) is 0 Å². The lowest BCUT2D eigenvalue weighted by molar-refractivity contribution is 0.102. The lowest BCUT2D eigenvalue weighted by Crippen LogP contribution is -2.17. The maximum Gasteiger partial charge on any atom is 0.257 e. The van der Waals surface area contributed by atoms with E-state index in [1.54, 1.807) is 18.3 Å². The number of ether oxygens (including phenoxy) is 2. The van der Waals surface area contributed by atoms with Gasteiger partial charge in [-0.1, -0.05) is 0 Å². The summed E-state index contributed by atoms with van der Waals surface area (Å²) in [6, 6.07) is 3.24. The van der Waals surface area contributed by atoms with Gasteiger partial charge in [-0.05, 0) is 39.5 Å². The predicted molar refractivity (Wildman–Crippen MR) is 92.9 cm³/mol. The van der Waals surface area contributed by atoms with Gasteiger partial charge < -0.3 is 14.8 Å². The molecular formula is C18H22N4O3. The summed E-state index contributed by atoms with van der Waals surface area (Å²) < 4.78 is 11.6. The molecule has 0 aromatic carbocycles. The molecule has 7 nitrogen and oxygen atoms in total. The summed E-state index contributed by atoms with van der Waals surface area (Å²) in [5, 5.41) is 2.71. The van der Waals surface area contributed by atoms with Crippen LogP contribution in [0, 0.1) is 0 Å². The molecule has 0 spiro atoms. The molecule has 2 heterocycles. The number of carbonyl (C=O) groups is 1. The normalized spacial score (nSPS) is 14.5. The average Bonchev–Trinajstić information content (AvgIpc) is 3.08. The number of amides is 1. The molecular weight excluding hydrogens is 320 g/mol. The first-order chi connectivity index (χ1) is 12.1. The molecule has 2 aromatic rings. The Balaban J connectivity index is 1.81. The molecule has 0 bridgehead atoms. The van der Waals surface area contributed by atoms with Crippen LogP contribution in [-0.4, -0.2) is 33.1 Å². The Kier molecular flexibility index (Phi) is 5.42. The van der Waals surface area contributed by atoms with Gasteiger partial charge in [0.2, 0.25) is 11.8 Å². The SMILES string of the molecule is CC(C)Oc1cc(C(=O)Nc2cnccn2)cc(OC2CCCC2)n1. The minimum Gasteiger partial charge on any atom is -0.475 e. The first-order valence-corrected chi connectivity index (χ1v) is 8.53. The fraction of sp³-hybridized carbons (Fsp3) is 0.444. The fourth-order valence-corrected chi connectivity index (χ4v) is 2.70. The van der Waals surface area contributed by atoms with E-state index < -0.39 is 0 Å². The molecule has 0 aliphatic heterocycles. The predicted octanol–water partition coefficient (Wildman–Crippen LogP) is 3.23. The molecule has 0 atom stereocenters. The summed E-state index contributed by atoms with van der Waals surface area (Å²) in [6.07, 6.45) is 8.99. The van der Waals surface area contributed by atoms with Crippen LogP contribution >= 0.6 is 0 Å². The lowest BCUT2D eigenvalue weighted by Gasteiger charge is -2.15. The average molecular weight is 342 g/mol. The van der Waals surface area contributed by atoms with Gasteiger partial charge in [0, 0.05) is 24.5 Å². The second-order valence-corrected chi connectivity index (χ2v) is 6.27. The van der Waals surface area contributed by atoms with Crippen molar-refractivity contribution < 1.29 is 14.3 Å². The molecule has 0 unspecified atom stereocenters. The van der Waals surface area contributed by atoms with Crippen molar-refractivity contribution in [3.8, 4) is 11.8 Å². The summed E-state index contributed by atoms with van der Waals surface area (Å²) in [4.78, 5) is 24.9. The summed E-state index contributed by atoms with van der Waals surface area (Å²) in [5.41, 5.74) is 0.407. The monoisotopic (exact) mass is 342 g/mol. The van der Waals surface area contributed by atoms with Crippen molar-refractivity contribution in [2.45, 2.75) is 51.7 Å². The third-order valence-electron chi connectivity index (χ3n) is 3.79. The standard InChI is InChI=1S/C18H22N4O3/c1-12(2)24-16-9-13(18(23)21-15-11-19-7-8-20-15)10-17(22-16)25-14-5-3-4-6-14/h7-12,14H,3-6H2,1-2H3,(H,20,21,23). The number of pyridine rings is 1. The molecule has 1 amide bonds. The van der Waals surface area contributed by atoms with E-state index in [2.05, 4.69) is 20.3 Å². The maximum absolute atomic E-state index is 12.5. The van der Waals surface area contributed by atoms with Crippen molar-refractivity contribution in [2.24, 2.45) is 0 Å². The van der Waals surface area contributed by atoms with Crippen molar-refractivity contribution in [2.75, 3.05) is 5.32 Å². The highest BCUT2D eigenvalue weighted by molar-refractivity contribution is 6.04. The van der Waals surface area contributed by atoms with E-state index in [1.165, 1.54) is 12.4 Å². The van der Waals surface area contributed by atoms with Gasteiger partial charge in [0.15, 0.2) is 5.82 Å². The molecule has 0 saturated heterocycles. The smallest absolute Gasteiger partial charge is 0.257 e. The highest BCUT2D eigenvalue weighted by Gasteiger charge is 2.19. The molecule has 1 fully saturated rings. The van der Waals surface area contributed by atoms with Crippen LogP contribution in [0.2, 0.25) is 0 Å². The molecule has 3 rings (SSSR count). The van der Waals surface area contributed by atoms with E-state index in [4.69, 9.17) is 9.47 Å². The van der Waals surface area contributed by atoms with Gasteiger partial charge >= 0.3 is 0 Å². The van der Waals surface area contributed by atoms with Crippen LogP contribution in [0.1, 0.15) is 49.9 Å². The van der Waals surface area contributed by atoms with Gasteiger partial charge in [-0.2, -0.15) is 4.98 Å². The van der Waals surface area contributed by atoms with E-state index in [-0.39, 0.29) is 18.1 Å². The number of nitrogens with one attached hydrogen (secondary N) is 1. The van der Waals surface area contributed by atoms with Crippen LogP contribution in [0.3, 0.4) is 0 Å². The minimum absolute atomic E-state index is 0.0508. The Bertz CT molecular complexity index is 716. The van der Waals surface area contributed by atoms with Gasteiger partial charge in [-0.25, -0.2) is 4.98 Å². The zero-order valence-electron chi connectivity index (χ0n) is 14.4. The fourth-order valence-electron chi connectivity index (χ4n) is 2.70. The number of carbonyl (C=O) groups excluding carboxylic acids is 1. The van der Waals surface area contributed by atoms with E-state index in [0.717, 1.165) is 25.7 Å². The zero-order valence-corrected chi connectivity index (χ0v) is 14.4. The molecule has 7 heteroatoms. The highest BCUT2D eigenvalue weighted by Crippen LogP contribution is 2.26. The van der Waals surface area contributed by atoms with Crippen LogP contribution in [0.4, 0.5) is 5.82 Å². The number of nitrogens with zero attached hydrogens (tertiary/aromatic N) is 3. The molecule has 0 radical (unpaired) electrons. The van der Waals surface area contributed by atoms with Gasteiger partial charge in [0.1, 0.15) is 6.10 Å². The first kappa shape index (κ1) is 17.1. The van der Waals surface area contributed by atoms with Crippen LogP contribution in [0.5, 0.6) is 11.8 Å². The van der Waals surface area contributed by atoms with Gasteiger partial charge in [0.25, 0.3) is 5.91 Å². The second kappa shape index (κ2) is 7.92. The number of aromatic nitrogens is 3. The van der Waals surface area contributed by atoms with E-state index in [9.17, 15) is 4.79 Å². The topological polar surface area (TPSA) is 86.2 Å². The van der Waals surface area contributed by atoms with Crippen molar-refractivity contribution in [1.82, 2.24) is 15.0 Å². The van der Waals surface area contributed by atoms with E-state index in [1.807, 2.05) is 13.8 Å². The van der Waals surface area contributed by atoms with Crippen molar-refractivity contribution in [3.05, 3.63) is 36.3 Å². The molecule has 2 aromatic heterocycles. The molecule has 1 aliphatic carbocycles. The number of anilines is 1. The largest absolute Gasteiger partial charge is 0.475 e. The molecule has 1 saturated carbocycles. The van der Waals surface area contributed by atoms with Gasteiger partial charge in [-0.15, -0.1) is 0 Å². The van der Waals surface area contributed by atoms with Crippen LogP contribution in [0.25, 0.3) is 0 Å². The molecule has 25 heavy (non-hydrogen) atoms. The molecule has 1 aliphatic rings. The summed E-state index contributed by atoms with van der Waals surface area (Å²) in [5.74, 6) is 0.853. The third kappa shape index (κ3) is 4.89. The second-order valence-electron chi connectivity index (χ2n) is 6.27. The Hall–Kier alpha value is -2.70. The van der Waals surface area contributed by atoms with Crippen molar-refractivity contribution in [3.63, 3.8) is 0 Å². The highest BCUT2D eigenvalue weighted by atomic mass is 16.5. The maximum atomic E-state index is 12.5.